The fourth-order valence-corrected chi connectivity index (χ4v) is 3.75. The van der Waals surface area contributed by atoms with Crippen molar-refractivity contribution in [2.45, 2.75) is 38.6 Å². The fraction of sp³-hybridized carbons (Fsp3) is 0.600. The predicted octanol–water partition coefficient (Wildman–Crippen LogP) is 3.43. The molecule has 0 heterocycles. The standard InChI is InChI=1S/C15H21N/c1-10-6-2-3-7-11(10)15(16)14-12-8-4-5-9-13(12)14/h2-3,6-7,12-15H,4-5,8-9,16H2,1H3. The minimum Gasteiger partial charge on any atom is -0.324 e. The molecule has 2 saturated carbocycles. The lowest BCUT2D eigenvalue weighted by atomic mass is 9.97. The lowest BCUT2D eigenvalue weighted by Gasteiger charge is -2.14. The summed E-state index contributed by atoms with van der Waals surface area (Å²) >= 11 is 0. The number of aryl methyl sites for hydroxylation is 1. The molecule has 0 saturated heterocycles. The molecule has 1 aromatic rings. The van der Waals surface area contributed by atoms with E-state index in [1.54, 1.807) is 0 Å². The molecule has 2 fully saturated rings. The quantitative estimate of drug-likeness (QED) is 0.803. The van der Waals surface area contributed by atoms with Gasteiger partial charge in [0.05, 0.1) is 0 Å². The Kier molecular flexibility index (Phi) is 2.51. The van der Waals surface area contributed by atoms with Gasteiger partial charge in [0.25, 0.3) is 0 Å². The third kappa shape index (κ3) is 1.58. The summed E-state index contributed by atoms with van der Waals surface area (Å²) in [5, 5.41) is 0. The molecule has 0 bridgehead atoms. The van der Waals surface area contributed by atoms with E-state index in [0.717, 1.165) is 17.8 Å². The van der Waals surface area contributed by atoms with Gasteiger partial charge < -0.3 is 5.73 Å². The maximum atomic E-state index is 6.46. The van der Waals surface area contributed by atoms with Crippen LogP contribution in [0.4, 0.5) is 0 Å². The van der Waals surface area contributed by atoms with Crippen molar-refractivity contribution in [3.8, 4) is 0 Å². The zero-order chi connectivity index (χ0) is 11.1. The van der Waals surface area contributed by atoms with E-state index in [-0.39, 0.29) is 6.04 Å². The SMILES string of the molecule is Cc1ccccc1C(N)C1C2CCCCC21. The van der Waals surface area contributed by atoms with Gasteiger partial charge in [-0.2, -0.15) is 0 Å². The smallest absolute Gasteiger partial charge is 0.0331 e. The highest BCUT2D eigenvalue weighted by molar-refractivity contribution is 5.30. The van der Waals surface area contributed by atoms with Crippen LogP contribution in [0.3, 0.4) is 0 Å². The monoisotopic (exact) mass is 215 g/mol. The Morgan fingerprint density at radius 2 is 1.75 bits per heavy atom. The average Bonchev–Trinajstić information content (AvgIpc) is 3.03. The van der Waals surface area contributed by atoms with Gasteiger partial charge >= 0.3 is 0 Å². The second kappa shape index (κ2) is 3.89. The second-order valence-corrected chi connectivity index (χ2v) is 5.57. The number of hydrogen-bond acceptors (Lipinski definition) is 1. The molecule has 0 aliphatic heterocycles. The normalized spacial score (nSPS) is 34.2. The first-order valence-corrected chi connectivity index (χ1v) is 6.60. The Morgan fingerprint density at radius 1 is 1.12 bits per heavy atom. The second-order valence-electron chi connectivity index (χ2n) is 5.57. The summed E-state index contributed by atoms with van der Waals surface area (Å²) in [5.74, 6) is 2.68. The Bertz CT molecular complexity index is 373. The van der Waals surface area contributed by atoms with Crippen molar-refractivity contribution in [3.63, 3.8) is 0 Å². The Hall–Kier alpha value is -0.820. The molecule has 1 aromatic carbocycles. The zero-order valence-corrected chi connectivity index (χ0v) is 10.0. The van der Waals surface area contributed by atoms with E-state index < -0.39 is 0 Å². The third-order valence-electron chi connectivity index (χ3n) is 4.69. The van der Waals surface area contributed by atoms with Crippen molar-refractivity contribution in [1.82, 2.24) is 0 Å². The van der Waals surface area contributed by atoms with Gasteiger partial charge in [-0.25, -0.2) is 0 Å². The Balaban J connectivity index is 1.79. The molecule has 3 atom stereocenters. The molecule has 3 rings (SSSR count). The van der Waals surface area contributed by atoms with E-state index in [2.05, 4.69) is 31.2 Å². The van der Waals surface area contributed by atoms with Gasteiger partial charge in [0, 0.05) is 6.04 Å². The topological polar surface area (TPSA) is 26.0 Å². The molecule has 2 aliphatic carbocycles. The first-order valence-electron chi connectivity index (χ1n) is 6.60. The minimum absolute atomic E-state index is 0.286. The minimum atomic E-state index is 0.286. The number of nitrogens with two attached hydrogens (primary N) is 1. The fourth-order valence-electron chi connectivity index (χ4n) is 3.75. The molecule has 0 aromatic heterocycles. The lowest BCUT2D eigenvalue weighted by molar-refractivity contribution is 0.480. The molecule has 3 unspecified atom stereocenters. The summed E-state index contributed by atoms with van der Waals surface area (Å²) in [6.07, 6.45) is 5.71. The van der Waals surface area contributed by atoms with Crippen LogP contribution in [0.25, 0.3) is 0 Å². The highest BCUT2D eigenvalue weighted by Crippen LogP contribution is 2.59. The molecule has 2 N–H and O–H groups in total. The van der Waals surface area contributed by atoms with Crippen LogP contribution in [0, 0.1) is 24.7 Å². The summed E-state index contributed by atoms with van der Waals surface area (Å²) < 4.78 is 0. The van der Waals surface area contributed by atoms with Crippen LogP contribution in [-0.2, 0) is 0 Å². The van der Waals surface area contributed by atoms with Crippen LogP contribution in [0.5, 0.6) is 0 Å². The summed E-state index contributed by atoms with van der Waals surface area (Å²) in [6.45, 7) is 2.18. The molecule has 1 nitrogen and oxygen atoms in total. The Labute approximate surface area is 98.0 Å². The van der Waals surface area contributed by atoms with Crippen LogP contribution in [-0.4, -0.2) is 0 Å². The number of hydrogen-bond donors (Lipinski definition) is 1. The lowest BCUT2D eigenvalue weighted by Crippen LogP contribution is -2.15. The zero-order valence-electron chi connectivity index (χ0n) is 10.0. The van der Waals surface area contributed by atoms with Crippen LogP contribution in [0.2, 0.25) is 0 Å². The van der Waals surface area contributed by atoms with E-state index in [1.807, 2.05) is 0 Å². The van der Waals surface area contributed by atoms with E-state index in [0.29, 0.717) is 0 Å². The van der Waals surface area contributed by atoms with Crippen molar-refractivity contribution >= 4 is 0 Å². The van der Waals surface area contributed by atoms with Crippen molar-refractivity contribution in [2.75, 3.05) is 0 Å². The molecule has 2 aliphatic rings. The molecule has 0 radical (unpaired) electrons. The summed E-state index contributed by atoms with van der Waals surface area (Å²) in [5.41, 5.74) is 9.20. The molecule has 1 heteroatoms. The van der Waals surface area contributed by atoms with E-state index in [1.165, 1.54) is 36.8 Å². The maximum absolute atomic E-state index is 6.46. The van der Waals surface area contributed by atoms with Gasteiger partial charge in [-0.15, -0.1) is 0 Å². The molecule has 16 heavy (non-hydrogen) atoms. The highest BCUT2D eigenvalue weighted by atomic mass is 14.7. The maximum Gasteiger partial charge on any atom is 0.0331 e. The molecule has 86 valence electrons. The first kappa shape index (κ1) is 10.3. The van der Waals surface area contributed by atoms with E-state index >= 15 is 0 Å². The average molecular weight is 215 g/mol. The molecule has 0 amide bonds. The summed E-state index contributed by atoms with van der Waals surface area (Å²) in [6, 6.07) is 8.90. The van der Waals surface area contributed by atoms with Crippen molar-refractivity contribution in [3.05, 3.63) is 35.4 Å². The van der Waals surface area contributed by atoms with Gasteiger partial charge in [-0.05, 0) is 48.6 Å². The van der Waals surface area contributed by atoms with Crippen molar-refractivity contribution in [1.29, 1.82) is 0 Å². The highest BCUT2D eigenvalue weighted by Gasteiger charge is 2.53. The van der Waals surface area contributed by atoms with Crippen LogP contribution in [0.1, 0.15) is 42.9 Å². The molecular formula is C15H21N. The number of fused-ring (bicyclic) bond motifs is 1. The van der Waals surface area contributed by atoms with Crippen LogP contribution < -0.4 is 5.73 Å². The van der Waals surface area contributed by atoms with Gasteiger partial charge in [-0.1, -0.05) is 37.1 Å². The summed E-state index contributed by atoms with van der Waals surface area (Å²) in [7, 11) is 0. The van der Waals surface area contributed by atoms with E-state index in [4.69, 9.17) is 5.73 Å². The number of benzene rings is 1. The van der Waals surface area contributed by atoms with Crippen LogP contribution in [0.15, 0.2) is 24.3 Å². The predicted molar refractivity (Wildman–Crippen MR) is 67.0 cm³/mol. The molecular weight excluding hydrogens is 194 g/mol. The third-order valence-corrected chi connectivity index (χ3v) is 4.69. The molecule has 0 spiro atoms. The van der Waals surface area contributed by atoms with Crippen molar-refractivity contribution in [2.24, 2.45) is 23.5 Å². The van der Waals surface area contributed by atoms with Gasteiger partial charge in [0.1, 0.15) is 0 Å². The van der Waals surface area contributed by atoms with Gasteiger partial charge in [0.15, 0.2) is 0 Å². The summed E-state index contributed by atoms with van der Waals surface area (Å²) in [4.78, 5) is 0. The van der Waals surface area contributed by atoms with Gasteiger partial charge in [0.2, 0.25) is 0 Å². The first-order chi connectivity index (χ1) is 7.79. The van der Waals surface area contributed by atoms with Crippen LogP contribution >= 0.6 is 0 Å². The largest absolute Gasteiger partial charge is 0.324 e. The number of rotatable bonds is 2. The van der Waals surface area contributed by atoms with Gasteiger partial charge in [-0.3, -0.25) is 0 Å². The van der Waals surface area contributed by atoms with E-state index in [9.17, 15) is 0 Å². The van der Waals surface area contributed by atoms with Crippen molar-refractivity contribution < 1.29 is 0 Å². The Morgan fingerprint density at radius 3 is 2.38 bits per heavy atom.